The molecule has 0 atom stereocenters. The molecule has 0 spiro atoms. The van der Waals surface area contributed by atoms with Gasteiger partial charge in [-0.2, -0.15) is 0 Å². The molecule has 0 aliphatic carbocycles. The van der Waals surface area contributed by atoms with E-state index in [4.69, 9.17) is 4.74 Å². The van der Waals surface area contributed by atoms with Crippen molar-refractivity contribution in [3.8, 4) is 5.75 Å². The summed E-state index contributed by atoms with van der Waals surface area (Å²) in [5, 5.41) is 0. The van der Waals surface area contributed by atoms with Crippen LogP contribution in [-0.2, 0) is 0 Å². The number of rotatable bonds is 3. The van der Waals surface area contributed by atoms with E-state index < -0.39 is 0 Å². The summed E-state index contributed by atoms with van der Waals surface area (Å²) in [7, 11) is 1.70. The van der Waals surface area contributed by atoms with Gasteiger partial charge in [0.25, 0.3) is 0 Å². The van der Waals surface area contributed by atoms with Crippen LogP contribution in [0.15, 0.2) is 42.5 Å². The van der Waals surface area contributed by atoms with Crippen LogP contribution in [0.3, 0.4) is 0 Å². The first-order valence-corrected chi connectivity index (χ1v) is 7.30. The summed E-state index contributed by atoms with van der Waals surface area (Å²) in [6.07, 6.45) is 0. The molecule has 0 bridgehead atoms. The Hall–Kier alpha value is -1.24. The van der Waals surface area contributed by atoms with E-state index in [1.807, 2.05) is 12.1 Å². The number of hydrogen-bond donors (Lipinski definition) is 0. The maximum atomic E-state index is 5.17. The third-order valence-electron chi connectivity index (χ3n) is 2.69. The molecule has 0 amide bonds. The van der Waals surface area contributed by atoms with Gasteiger partial charge >= 0.3 is 109 Å². The number of ether oxygens (including phenoxy) is 1. The van der Waals surface area contributed by atoms with Crippen LogP contribution < -0.4 is 13.7 Å². The van der Waals surface area contributed by atoms with Gasteiger partial charge in [-0.15, -0.1) is 0 Å². The first kappa shape index (κ1) is 12.2. The van der Waals surface area contributed by atoms with Crippen LogP contribution in [0, 0.1) is 13.8 Å². The summed E-state index contributed by atoms with van der Waals surface area (Å²) in [4.78, 5) is 0. The second kappa shape index (κ2) is 5.39. The van der Waals surface area contributed by atoms with E-state index in [2.05, 4.69) is 44.2 Å². The predicted molar refractivity (Wildman–Crippen MR) is 73.9 cm³/mol. The second-order valence-electron chi connectivity index (χ2n) is 4.00. The molecule has 2 aromatic carbocycles. The Morgan fingerprint density at radius 2 is 1.47 bits per heavy atom. The van der Waals surface area contributed by atoms with E-state index in [1.54, 1.807) is 7.11 Å². The van der Waals surface area contributed by atoms with E-state index in [0.29, 0.717) is 15.0 Å². The Morgan fingerprint density at radius 1 is 0.882 bits per heavy atom. The average Bonchev–Trinajstić information content (AvgIpc) is 2.35. The van der Waals surface area contributed by atoms with Gasteiger partial charge in [0.1, 0.15) is 0 Å². The van der Waals surface area contributed by atoms with Crippen molar-refractivity contribution >= 4 is 23.9 Å². The van der Waals surface area contributed by atoms with Crippen LogP contribution in [0.5, 0.6) is 5.75 Å². The van der Waals surface area contributed by atoms with Crippen LogP contribution in [0.2, 0.25) is 0 Å². The topological polar surface area (TPSA) is 9.23 Å². The van der Waals surface area contributed by atoms with Gasteiger partial charge in [-0.3, -0.25) is 0 Å². The Bertz CT molecular complexity index is 483. The molecular formula is C15H16OSe. The molecule has 17 heavy (non-hydrogen) atoms. The van der Waals surface area contributed by atoms with Crippen LogP contribution >= 0.6 is 0 Å². The van der Waals surface area contributed by atoms with Gasteiger partial charge in [-0.1, -0.05) is 0 Å². The summed E-state index contributed by atoms with van der Waals surface area (Å²) in [6.45, 7) is 4.38. The Balaban J connectivity index is 2.25. The zero-order chi connectivity index (χ0) is 12.3. The number of hydrogen-bond acceptors (Lipinski definition) is 1. The molecule has 0 aromatic heterocycles. The summed E-state index contributed by atoms with van der Waals surface area (Å²) < 4.78 is 8.05. The molecule has 0 saturated heterocycles. The fraction of sp³-hybridized carbons (Fsp3) is 0.200. The second-order valence-corrected chi connectivity index (χ2v) is 6.27. The molecule has 0 unspecified atom stereocenters. The normalized spacial score (nSPS) is 10.3. The van der Waals surface area contributed by atoms with Gasteiger partial charge in [0.05, 0.1) is 0 Å². The van der Waals surface area contributed by atoms with Gasteiger partial charge in [0, 0.05) is 0 Å². The summed E-state index contributed by atoms with van der Waals surface area (Å²) in [6, 6.07) is 14.9. The molecule has 0 saturated carbocycles. The van der Waals surface area contributed by atoms with Crippen molar-refractivity contribution in [2.75, 3.05) is 7.11 Å². The molecule has 2 rings (SSSR count). The summed E-state index contributed by atoms with van der Waals surface area (Å²) in [5.41, 5.74) is 2.78. The Labute approximate surface area is 109 Å². The van der Waals surface area contributed by atoms with Gasteiger partial charge in [0.2, 0.25) is 0 Å². The van der Waals surface area contributed by atoms with Crippen LogP contribution in [0.4, 0.5) is 0 Å². The first-order chi connectivity index (χ1) is 8.20. The molecule has 1 nitrogen and oxygen atoms in total. The van der Waals surface area contributed by atoms with Gasteiger partial charge < -0.3 is 0 Å². The molecule has 0 aliphatic heterocycles. The van der Waals surface area contributed by atoms with Crippen molar-refractivity contribution < 1.29 is 4.74 Å². The number of methoxy groups -OCH3 is 1. The zero-order valence-electron chi connectivity index (χ0n) is 10.4. The number of benzene rings is 2. The van der Waals surface area contributed by atoms with E-state index in [-0.39, 0.29) is 0 Å². The molecule has 2 aromatic rings. The molecule has 0 radical (unpaired) electrons. The predicted octanol–water partition coefficient (Wildman–Crippen LogP) is 1.97. The molecule has 0 N–H and O–H groups in total. The average molecular weight is 291 g/mol. The minimum absolute atomic E-state index is 0.377. The molecule has 0 heterocycles. The molecule has 0 aliphatic rings. The SMILES string of the molecule is COc1ccc([Se]c2c(C)cccc2C)cc1. The quantitative estimate of drug-likeness (QED) is 0.786. The van der Waals surface area contributed by atoms with Gasteiger partial charge in [0.15, 0.2) is 0 Å². The molecule has 2 heteroatoms. The van der Waals surface area contributed by atoms with Crippen LogP contribution in [-0.4, -0.2) is 22.1 Å². The monoisotopic (exact) mass is 292 g/mol. The Morgan fingerprint density at radius 3 is 2.00 bits per heavy atom. The molecule has 0 fully saturated rings. The minimum atomic E-state index is 0.377. The van der Waals surface area contributed by atoms with Crippen LogP contribution in [0.25, 0.3) is 0 Å². The van der Waals surface area contributed by atoms with E-state index in [9.17, 15) is 0 Å². The van der Waals surface area contributed by atoms with E-state index in [0.717, 1.165) is 5.75 Å². The van der Waals surface area contributed by atoms with Crippen molar-refractivity contribution in [3.63, 3.8) is 0 Å². The van der Waals surface area contributed by atoms with Crippen molar-refractivity contribution in [2.24, 2.45) is 0 Å². The molecular weight excluding hydrogens is 275 g/mol. The van der Waals surface area contributed by atoms with Crippen molar-refractivity contribution in [3.05, 3.63) is 53.6 Å². The zero-order valence-corrected chi connectivity index (χ0v) is 12.1. The third kappa shape index (κ3) is 2.91. The summed E-state index contributed by atoms with van der Waals surface area (Å²) in [5.74, 6) is 0.922. The Kier molecular flexibility index (Phi) is 3.88. The van der Waals surface area contributed by atoms with Crippen molar-refractivity contribution in [2.45, 2.75) is 13.8 Å². The third-order valence-corrected chi connectivity index (χ3v) is 5.53. The van der Waals surface area contributed by atoms with Gasteiger partial charge in [-0.25, -0.2) is 0 Å². The maximum absolute atomic E-state index is 5.17. The fourth-order valence-corrected chi connectivity index (χ4v) is 3.75. The van der Waals surface area contributed by atoms with E-state index >= 15 is 0 Å². The number of aryl methyl sites for hydroxylation is 2. The molecule has 88 valence electrons. The van der Waals surface area contributed by atoms with E-state index in [1.165, 1.54) is 20.1 Å². The summed E-state index contributed by atoms with van der Waals surface area (Å²) >= 11 is 0.377. The fourth-order valence-electron chi connectivity index (χ4n) is 1.72. The van der Waals surface area contributed by atoms with Crippen molar-refractivity contribution in [1.82, 2.24) is 0 Å². The van der Waals surface area contributed by atoms with Gasteiger partial charge in [-0.05, 0) is 0 Å². The first-order valence-electron chi connectivity index (χ1n) is 5.59. The van der Waals surface area contributed by atoms with Crippen LogP contribution in [0.1, 0.15) is 11.1 Å². The van der Waals surface area contributed by atoms with Crippen molar-refractivity contribution in [1.29, 1.82) is 0 Å². The standard InChI is InChI=1S/C15H16OSe/c1-11-5-4-6-12(2)15(11)17-14-9-7-13(16-3)8-10-14/h4-10H,1-3H3.